The number of carbonyl (C=O) groups is 1. The monoisotopic (exact) mass is 267 g/mol. The number of nitro benzene ring substituents is 1. The van der Waals surface area contributed by atoms with Gasteiger partial charge in [-0.3, -0.25) is 14.9 Å². The number of Topliss-reactive ketones (excluding diaryl/α,β-unsaturated/α-hetero) is 1. The fraction of sp³-hybridized carbons (Fsp3) is 0.462. The van der Waals surface area contributed by atoms with Gasteiger partial charge in [-0.1, -0.05) is 31.9 Å². The van der Waals surface area contributed by atoms with Crippen molar-refractivity contribution in [2.45, 2.75) is 26.2 Å². The van der Waals surface area contributed by atoms with Gasteiger partial charge in [0.1, 0.15) is 0 Å². The molecular weight excluding hydrogens is 250 g/mol. The van der Waals surface area contributed by atoms with Gasteiger partial charge in [-0.15, -0.1) is 0 Å². The zero-order valence-corrected chi connectivity index (χ0v) is 11.2. The summed E-state index contributed by atoms with van der Waals surface area (Å²) in [6.07, 6.45) is 3.46. The molecule has 0 heterocycles. The first-order chi connectivity index (χ1) is 8.65. The van der Waals surface area contributed by atoms with Gasteiger partial charge in [0.15, 0.2) is 5.78 Å². The van der Waals surface area contributed by atoms with Gasteiger partial charge in [0.05, 0.1) is 10.7 Å². The van der Waals surface area contributed by atoms with E-state index in [0.717, 1.165) is 12.2 Å². The highest BCUT2D eigenvalue weighted by atomic mass is 32.2. The molecule has 1 rings (SSSR count). The quantitative estimate of drug-likeness (QED) is 0.312. The molecule has 0 aromatic heterocycles. The van der Waals surface area contributed by atoms with Crippen LogP contribution in [-0.2, 0) is 0 Å². The van der Waals surface area contributed by atoms with Crippen LogP contribution in [0.4, 0.5) is 5.69 Å². The molecule has 0 N–H and O–H groups in total. The van der Waals surface area contributed by atoms with E-state index in [0.29, 0.717) is 11.3 Å². The Morgan fingerprint density at radius 1 is 1.39 bits per heavy atom. The topological polar surface area (TPSA) is 60.2 Å². The second kappa shape index (κ2) is 7.87. The molecule has 0 spiro atoms. The van der Waals surface area contributed by atoms with Gasteiger partial charge in [0, 0.05) is 17.7 Å². The summed E-state index contributed by atoms with van der Waals surface area (Å²) in [5, 5.41) is 10.6. The van der Waals surface area contributed by atoms with E-state index in [1.165, 1.54) is 25.0 Å². The lowest BCUT2D eigenvalue weighted by molar-refractivity contribution is -0.384. The molecule has 0 aliphatic heterocycles. The zero-order valence-electron chi connectivity index (χ0n) is 10.4. The molecule has 0 saturated heterocycles. The number of nitro groups is 1. The Morgan fingerprint density at radius 3 is 2.83 bits per heavy atom. The third-order valence-electron chi connectivity index (χ3n) is 2.50. The van der Waals surface area contributed by atoms with Gasteiger partial charge < -0.3 is 0 Å². The summed E-state index contributed by atoms with van der Waals surface area (Å²) in [6, 6.07) is 5.91. The molecule has 5 heteroatoms. The Labute approximate surface area is 111 Å². The van der Waals surface area contributed by atoms with Crippen LogP contribution in [0.1, 0.15) is 36.5 Å². The summed E-state index contributed by atoms with van der Waals surface area (Å²) >= 11 is 1.59. The molecule has 0 saturated carbocycles. The van der Waals surface area contributed by atoms with E-state index in [9.17, 15) is 14.9 Å². The standard InChI is InChI=1S/C13H17NO3S/c1-2-3-4-8-18-10-13(15)11-6-5-7-12(9-11)14(16)17/h5-7,9H,2-4,8,10H2,1H3. The van der Waals surface area contributed by atoms with E-state index < -0.39 is 4.92 Å². The van der Waals surface area contributed by atoms with Gasteiger partial charge in [-0.05, 0) is 12.2 Å². The summed E-state index contributed by atoms with van der Waals surface area (Å²) < 4.78 is 0. The molecule has 0 unspecified atom stereocenters. The van der Waals surface area contributed by atoms with Gasteiger partial charge in [0.2, 0.25) is 0 Å². The van der Waals surface area contributed by atoms with Crippen molar-refractivity contribution in [2.24, 2.45) is 0 Å². The number of hydrogen-bond donors (Lipinski definition) is 0. The van der Waals surface area contributed by atoms with Crippen molar-refractivity contribution in [1.82, 2.24) is 0 Å². The van der Waals surface area contributed by atoms with E-state index >= 15 is 0 Å². The number of unbranched alkanes of at least 4 members (excludes halogenated alkanes) is 2. The molecule has 0 bridgehead atoms. The van der Waals surface area contributed by atoms with Gasteiger partial charge in [0.25, 0.3) is 5.69 Å². The third kappa shape index (κ3) is 4.87. The van der Waals surface area contributed by atoms with Gasteiger partial charge in [-0.2, -0.15) is 11.8 Å². The molecule has 0 fully saturated rings. The largest absolute Gasteiger partial charge is 0.293 e. The van der Waals surface area contributed by atoms with Gasteiger partial charge >= 0.3 is 0 Å². The minimum absolute atomic E-state index is 0.0307. The highest BCUT2D eigenvalue weighted by molar-refractivity contribution is 7.99. The number of hydrogen-bond acceptors (Lipinski definition) is 4. The SMILES string of the molecule is CCCCCSCC(=O)c1cccc([N+](=O)[O-])c1. The molecule has 1 aromatic rings. The Hall–Kier alpha value is -1.36. The van der Waals surface area contributed by atoms with E-state index in [-0.39, 0.29) is 11.5 Å². The predicted molar refractivity (Wildman–Crippen MR) is 74.3 cm³/mol. The maximum atomic E-state index is 11.8. The second-order valence-electron chi connectivity index (χ2n) is 3.99. The van der Waals surface area contributed by atoms with Crippen LogP contribution in [-0.4, -0.2) is 22.2 Å². The van der Waals surface area contributed by atoms with E-state index in [1.807, 2.05) is 0 Å². The molecule has 0 aliphatic rings. The first kappa shape index (κ1) is 14.7. The lowest BCUT2D eigenvalue weighted by atomic mass is 10.1. The number of ketones is 1. The van der Waals surface area contributed by atoms with Crippen LogP contribution in [0.15, 0.2) is 24.3 Å². The molecular formula is C13H17NO3S. The van der Waals surface area contributed by atoms with Crippen molar-refractivity contribution in [3.05, 3.63) is 39.9 Å². The van der Waals surface area contributed by atoms with E-state index in [4.69, 9.17) is 0 Å². The summed E-state index contributed by atoms with van der Waals surface area (Å²) in [4.78, 5) is 21.9. The molecule has 0 radical (unpaired) electrons. The summed E-state index contributed by atoms with van der Waals surface area (Å²) in [5.74, 6) is 1.32. The van der Waals surface area contributed by atoms with Crippen molar-refractivity contribution in [2.75, 3.05) is 11.5 Å². The lowest BCUT2D eigenvalue weighted by Gasteiger charge is -2.01. The average molecular weight is 267 g/mol. The van der Waals surface area contributed by atoms with Crippen molar-refractivity contribution >= 4 is 23.2 Å². The predicted octanol–water partition coefficient (Wildman–Crippen LogP) is 3.70. The highest BCUT2D eigenvalue weighted by Gasteiger charge is 2.11. The van der Waals surface area contributed by atoms with Crippen molar-refractivity contribution in [1.29, 1.82) is 0 Å². The number of benzene rings is 1. The number of carbonyl (C=O) groups excluding carboxylic acids is 1. The van der Waals surface area contributed by atoms with Crippen LogP contribution in [0.5, 0.6) is 0 Å². The fourth-order valence-electron chi connectivity index (χ4n) is 1.50. The van der Waals surface area contributed by atoms with Crippen LogP contribution in [0.3, 0.4) is 0 Å². The number of thioether (sulfide) groups is 1. The summed E-state index contributed by atoms with van der Waals surface area (Å²) in [7, 11) is 0. The van der Waals surface area contributed by atoms with Crippen LogP contribution >= 0.6 is 11.8 Å². The van der Waals surface area contributed by atoms with Crippen molar-refractivity contribution < 1.29 is 9.72 Å². The molecule has 0 amide bonds. The maximum Gasteiger partial charge on any atom is 0.270 e. The van der Waals surface area contributed by atoms with E-state index in [2.05, 4.69) is 6.92 Å². The van der Waals surface area contributed by atoms with Gasteiger partial charge in [-0.25, -0.2) is 0 Å². The molecule has 98 valence electrons. The fourth-order valence-corrected chi connectivity index (χ4v) is 2.40. The van der Waals surface area contributed by atoms with Crippen molar-refractivity contribution in [3.8, 4) is 0 Å². The number of non-ortho nitro benzene ring substituents is 1. The molecule has 4 nitrogen and oxygen atoms in total. The summed E-state index contributed by atoms with van der Waals surface area (Å²) in [5.41, 5.74) is 0.393. The number of nitrogens with zero attached hydrogens (tertiary/aromatic N) is 1. The van der Waals surface area contributed by atoms with Crippen molar-refractivity contribution in [3.63, 3.8) is 0 Å². The molecule has 0 aliphatic carbocycles. The lowest BCUT2D eigenvalue weighted by Crippen LogP contribution is -2.03. The van der Waals surface area contributed by atoms with Crippen LogP contribution < -0.4 is 0 Å². The smallest absolute Gasteiger partial charge is 0.270 e. The molecule has 0 atom stereocenters. The first-order valence-electron chi connectivity index (χ1n) is 6.00. The minimum Gasteiger partial charge on any atom is -0.293 e. The van der Waals surface area contributed by atoms with Crippen LogP contribution in [0.2, 0.25) is 0 Å². The Kier molecular flexibility index (Phi) is 6.43. The van der Waals surface area contributed by atoms with Crippen LogP contribution in [0, 0.1) is 10.1 Å². The Bertz CT molecular complexity index is 420. The highest BCUT2D eigenvalue weighted by Crippen LogP contribution is 2.15. The van der Waals surface area contributed by atoms with Crippen LogP contribution in [0.25, 0.3) is 0 Å². The normalized spacial score (nSPS) is 10.3. The van der Waals surface area contributed by atoms with E-state index in [1.54, 1.807) is 23.9 Å². The first-order valence-corrected chi connectivity index (χ1v) is 7.16. The third-order valence-corrected chi connectivity index (χ3v) is 3.55. The number of rotatable bonds is 8. The molecule has 18 heavy (non-hydrogen) atoms. The summed E-state index contributed by atoms with van der Waals surface area (Å²) in [6.45, 7) is 2.14. The Balaban J connectivity index is 2.46. The zero-order chi connectivity index (χ0) is 13.4. The average Bonchev–Trinajstić information content (AvgIpc) is 2.38. The minimum atomic E-state index is -0.481. The second-order valence-corrected chi connectivity index (χ2v) is 5.10. The Morgan fingerprint density at radius 2 is 2.17 bits per heavy atom. The molecule has 1 aromatic carbocycles. The maximum absolute atomic E-state index is 11.8.